The van der Waals surface area contributed by atoms with Crippen LogP contribution in [0, 0.1) is 0 Å². The number of unbranched alkanes of at least 4 members (excludes halogenated alkanes) is 1. The van der Waals surface area contributed by atoms with E-state index in [-0.39, 0.29) is 0 Å². The van der Waals surface area contributed by atoms with Gasteiger partial charge in [0, 0.05) is 37.1 Å². The minimum Gasteiger partial charge on any atom is -0.477 e. The molecule has 0 spiro atoms. The summed E-state index contributed by atoms with van der Waals surface area (Å²) >= 11 is 0. The number of rotatable bonds is 10. The Balaban J connectivity index is 2.02. The van der Waals surface area contributed by atoms with Crippen molar-refractivity contribution in [3.8, 4) is 5.88 Å². The first kappa shape index (κ1) is 21.7. The quantitative estimate of drug-likeness (QED) is 0.327. The van der Waals surface area contributed by atoms with Crippen LogP contribution < -0.4 is 15.4 Å². The summed E-state index contributed by atoms with van der Waals surface area (Å²) < 4.78 is 7.45. The number of ether oxygens (including phenoxy) is 1. The van der Waals surface area contributed by atoms with E-state index in [1.807, 2.05) is 26.1 Å². The van der Waals surface area contributed by atoms with Crippen LogP contribution in [0.25, 0.3) is 0 Å². The van der Waals surface area contributed by atoms with Crippen molar-refractivity contribution in [2.75, 3.05) is 19.7 Å². The van der Waals surface area contributed by atoms with E-state index in [0.29, 0.717) is 38.1 Å². The van der Waals surface area contributed by atoms with E-state index in [1.54, 1.807) is 30.2 Å². The smallest absolute Gasteiger partial charge is 0.218 e. The molecule has 0 aliphatic rings. The van der Waals surface area contributed by atoms with E-state index in [0.717, 1.165) is 24.0 Å². The maximum atomic E-state index is 10.7. The molecule has 8 heteroatoms. The summed E-state index contributed by atoms with van der Waals surface area (Å²) in [6.45, 7) is 7.98. The first-order valence-corrected chi connectivity index (χ1v) is 9.76. The summed E-state index contributed by atoms with van der Waals surface area (Å²) in [5.74, 6) is 1.24. The zero-order valence-corrected chi connectivity index (χ0v) is 17.3. The van der Waals surface area contributed by atoms with Crippen molar-refractivity contribution in [3.05, 3.63) is 41.9 Å². The molecule has 0 amide bonds. The van der Waals surface area contributed by atoms with Crippen LogP contribution in [0.4, 0.5) is 0 Å². The molecule has 0 saturated carbocycles. The van der Waals surface area contributed by atoms with Gasteiger partial charge in [-0.3, -0.25) is 4.68 Å². The molecule has 2 aromatic heterocycles. The van der Waals surface area contributed by atoms with Crippen LogP contribution in [0.3, 0.4) is 0 Å². The van der Waals surface area contributed by atoms with E-state index in [1.165, 1.54) is 0 Å². The number of hydrogen-bond donors (Lipinski definition) is 3. The fraction of sp³-hybridized carbons (Fsp3) is 0.550. The topological polar surface area (TPSA) is 96.6 Å². The molecule has 2 aromatic rings. The van der Waals surface area contributed by atoms with Crippen LogP contribution in [0.15, 0.2) is 35.7 Å². The molecule has 1 unspecified atom stereocenters. The van der Waals surface area contributed by atoms with Gasteiger partial charge in [-0.2, -0.15) is 5.10 Å². The van der Waals surface area contributed by atoms with Crippen molar-refractivity contribution in [1.29, 1.82) is 0 Å². The molecule has 0 aliphatic heterocycles. The highest BCUT2D eigenvalue weighted by Crippen LogP contribution is 2.19. The van der Waals surface area contributed by atoms with Crippen LogP contribution in [0.2, 0.25) is 0 Å². The second kappa shape index (κ2) is 10.7. The number of pyridine rings is 1. The average molecular weight is 389 g/mol. The minimum absolute atomic E-state index is 0.303. The lowest BCUT2D eigenvalue weighted by Crippen LogP contribution is -2.44. The van der Waals surface area contributed by atoms with Crippen LogP contribution >= 0.6 is 0 Å². The summed E-state index contributed by atoms with van der Waals surface area (Å²) in [5, 5.41) is 21.3. The maximum absolute atomic E-state index is 10.7. The normalized spacial score (nSPS) is 13.8. The summed E-state index contributed by atoms with van der Waals surface area (Å²) in [4.78, 5) is 8.94. The van der Waals surface area contributed by atoms with Gasteiger partial charge in [-0.25, -0.2) is 9.98 Å². The Morgan fingerprint density at radius 2 is 2.18 bits per heavy atom. The molecule has 8 nitrogen and oxygen atoms in total. The molecule has 2 heterocycles. The summed E-state index contributed by atoms with van der Waals surface area (Å²) in [6, 6.07) is 3.85. The average Bonchev–Trinajstić information content (AvgIpc) is 3.12. The second-order valence-electron chi connectivity index (χ2n) is 6.89. The Hall–Kier alpha value is -2.61. The molecular formula is C20H32N6O2. The lowest BCUT2D eigenvalue weighted by molar-refractivity contribution is 0.0616. The van der Waals surface area contributed by atoms with Gasteiger partial charge in [-0.1, -0.05) is 19.4 Å². The molecule has 0 fully saturated rings. The molecule has 0 aromatic carbocycles. The third-order valence-corrected chi connectivity index (χ3v) is 4.27. The first-order chi connectivity index (χ1) is 13.5. The van der Waals surface area contributed by atoms with Crippen LogP contribution in [-0.4, -0.2) is 45.5 Å². The van der Waals surface area contributed by atoms with Gasteiger partial charge >= 0.3 is 0 Å². The summed E-state index contributed by atoms with van der Waals surface area (Å²) in [7, 11) is 1.83. The number of nitrogens with zero attached hydrogens (tertiary/aromatic N) is 4. The van der Waals surface area contributed by atoms with Gasteiger partial charge < -0.3 is 20.5 Å². The summed E-state index contributed by atoms with van der Waals surface area (Å²) in [5.41, 5.74) is 0.611. The van der Waals surface area contributed by atoms with Crippen LogP contribution in [0.5, 0.6) is 5.88 Å². The molecule has 154 valence electrons. The van der Waals surface area contributed by atoms with Gasteiger partial charge in [0.25, 0.3) is 0 Å². The van der Waals surface area contributed by atoms with Crippen molar-refractivity contribution in [2.24, 2.45) is 12.0 Å². The van der Waals surface area contributed by atoms with E-state index >= 15 is 0 Å². The van der Waals surface area contributed by atoms with Gasteiger partial charge in [-0.05, 0) is 26.3 Å². The highest BCUT2D eigenvalue weighted by molar-refractivity contribution is 5.79. The largest absolute Gasteiger partial charge is 0.477 e. The zero-order chi connectivity index (χ0) is 20.4. The van der Waals surface area contributed by atoms with Crippen LogP contribution in [0.1, 0.15) is 44.7 Å². The molecular weight excluding hydrogens is 356 g/mol. The van der Waals surface area contributed by atoms with Crippen molar-refractivity contribution in [2.45, 2.75) is 45.8 Å². The number of hydrogen-bond acceptors (Lipinski definition) is 5. The maximum Gasteiger partial charge on any atom is 0.218 e. The zero-order valence-electron chi connectivity index (χ0n) is 17.3. The van der Waals surface area contributed by atoms with Gasteiger partial charge in [0.2, 0.25) is 5.88 Å². The van der Waals surface area contributed by atoms with E-state index in [4.69, 9.17) is 4.74 Å². The second-order valence-corrected chi connectivity index (χ2v) is 6.89. The van der Waals surface area contributed by atoms with Crippen molar-refractivity contribution in [3.63, 3.8) is 0 Å². The lowest BCUT2D eigenvalue weighted by atomic mass is 10.00. The molecule has 1 atom stereocenters. The minimum atomic E-state index is -1.06. The molecule has 0 bridgehead atoms. The predicted octanol–water partition coefficient (Wildman–Crippen LogP) is 1.96. The van der Waals surface area contributed by atoms with Crippen molar-refractivity contribution >= 4 is 5.96 Å². The highest BCUT2D eigenvalue weighted by Gasteiger charge is 2.25. The Bertz CT molecular complexity index is 757. The SMILES string of the molecule is CCCCOc1ncccc1CN=C(NCC)NCC(C)(O)c1cnn(C)c1. The van der Waals surface area contributed by atoms with Crippen molar-refractivity contribution < 1.29 is 9.84 Å². The standard InChI is InChI=1S/C20H32N6O2/c1-5-7-11-28-18-16(9-8-10-22-18)12-23-19(21-6-2)24-15-20(3,27)17-13-25-26(4)14-17/h8-10,13-14,27H,5-7,11-12,15H2,1-4H3,(H2,21,23,24). The van der Waals surface area contributed by atoms with Gasteiger partial charge in [0.05, 0.1) is 25.9 Å². The molecule has 28 heavy (non-hydrogen) atoms. The Morgan fingerprint density at radius 1 is 1.36 bits per heavy atom. The summed E-state index contributed by atoms with van der Waals surface area (Å²) in [6.07, 6.45) is 7.27. The number of nitrogens with one attached hydrogen (secondary N) is 2. The Kier molecular flexibility index (Phi) is 8.25. The van der Waals surface area contributed by atoms with Gasteiger partial charge in [-0.15, -0.1) is 0 Å². The van der Waals surface area contributed by atoms with Crippen molar-refractivity contribution in [1.82, 2.24) is 25.4 Å². The number of aliphatic imine (C=N–C) groups is 1. The van der Waals surface area contributed by atoms with Gasteiger partial charge in [0.15, 0.2) is 5.96 Å². The van der Waals surface area contributed by atoms with E-state index < -0.39 is 5.60 Å². The predicted molar refractivity (Wildman–Crippen MR) is 110 cm³/mol. The molecule has 2 rings (SSSR count). The van der Waals surface area contributed by atoms with E-state index in [2.05, 4.69) is 32.6 Å². The highest BCUT2D eigenvalue weighted by atomic mass is 16.5. The number of aryl methyl sites for hydroxylation is 1. The van der Waals surface area contributed by atoms with E-state index in [9.17, 15) is 5.11 Å². The third kappa shape index (κ3) is 6.53. The van der Waals surface area contributed by atoms with Crippen LogP contribution in [-0.2, 0) is 19.2 Å². The Labute approximate surface area is 167 Å². The van der Waals surface area contributed by atoms with Gasteiger partial charge in [0.1, 0.15) is 5.60 Å². The molecule has 0 aliphatic carbocycles. The number of aliphatic hydroxyl groups is 1. The molecule has 0 saturated heterocycles. The monoisotopic (exact) mass is 388 g/mol. The molecule has 3 N–H and O–H groups in total. The number of aromatic nitrogens is 3. The number of guanidine groups is 1. The molecule has 0 radical (unpaired) electrons. The fourth-order valence-electron chi connectivity index (χ4n) is 2.55. The Morgan fingerprint density at radius 3 is 2.86 bits per heavy atom. The lowest BCUT2D eigenvalue weighted by Gasteiger charge is -2.23. The fourth-order valence-corrected chi connectivity index (χ4v) is 2.55. The third-order valence-electron chi connectivity index (χ3n) is 4.27. The first-order valence-electron chi connectivity index (χ1n) is 9.76.